The van der Waals surface area contributed by atoms with E-state index in [4.69, 9.17) is 18.9 Å². The smallest absolute Gasteiger partial charge is 0.333 e. The van der Waals surface area contributed by atoms with E-state index >= 15 is 0 Å². The van der Waals surface area contributed by atoms with Crippen molar-refractivity contribution in [3.8, 4) is 0 Å². The highest BCUT2D eigenvalue weighted by Gasteiger charge is 2.36. The van der Waals surface area contributed by atoms with Gasteiger partial charge < -0.3 is 29.2 Å². The lowest BCUT2D eigenvalue weighted by atomic mass is 9.96. The number of cyclic esters (lactones) is 2. The first-order chi connectivity index (χ1) is 19.6. The third-order valence-electron chi connectivity index (χ3n) is 7.24. The maximum atomic E-state index is 12.4. The molecule has 10 nitrogen and oxygen atoms in total. The second-order valence-electron chi connectivity index (χ2n) is 13.3. The molecular formula is C32H50O10. The Bertz CT molecular complexity index is 918. The van der Waals surface area contributed by atoms with Crippen LogP contribution >= 0.6 is 0 Å². The molecule has 10 heteroatoms. The summed E-state index contributed by atoms with van der Waals surface area (Å²) in [5.41, 5.74) is -0.790. The van der Waals surface area contributed by atoms with E-state index in [0.29, 0.717) is 24.0 Å². The molecule has 2 heterocycles. The Balaban J connectivity index is 1.63. The van der Waals surface area contributed by atoms with Gasteiger partial charge in [-0.3, -0.25) is 9.59 Å². The van der Waals surface area contributed by atoms with Gasteiger partial charge in [0.25, 0.3) is 0 Å². The van der Waals surface area contributed by atoms with Crippen LogP contribution in [0.4, 0.5) is 0 Å². The molecule has 0 aromatic rings. The lowest BCUT2D eigenvalue weighted by Gasteiger charge is -2.25. The number of aliphatic hydroxyl groups excluding tert-OH is 2. The maximum absolute atomic E-state index is 12.4. The molecule has 0 aromatic carbocycles. The van der Waals surface area contributed by atoms with Crippen molar-refractivity contribution in [3.63, 3.8) is 0 Å². The SMILES string of the molecule is CC(C)(C)C(=O)OC(CCCCCCCCCCCCC(OC(=O)C(C)(C)C)C1=CC(=O)OC1O)C1=CC(=O)OC1O. The largest absolute Gasteiger partial charge is 0.457 e. The molecule has 2 N–H and O–H groups in total. The Morgan fingerprint density at radius 1 is 0.643 bits per heavy atom. The third-order valence-corrected chi connectivity index (χ3v) is 7.24. The molecule has 0 fully saturated rings. The first-order valence-corrected chi connectivity index (χ1v) is 15.2. The zero-order valence-corrected chi connectivity index (χ0v) is 26.1. The Hall–Kier alpha value is -2.72. The summed E-state index contributed by atoms with van der Waals surface area (Å²) < 4.78 is 20.8. The number of carbonyl (C=O) groups is 4. The molecule has 0 spiro atoms. The number of esters is 4. The summed E-state index contributed by atoms with van der Waals surface area (Å²) >= 11 is 0. The van der Waals surface area contributed by atoms with Gasteiger partial charge in [-0.05, 0) is 67.2 Å². The molecule has 0 bridgehead atoms. The van der Waals surface area contributed by atoms with Crippen LogP contribution in [0.25, 0.3) is 0 Å². The third kappa shape index (κ3) is 11.9. The van der Waals surface area contributed by atoms with Gasteiger partial charge in [-0.2, -0.15) is 0 Å². The first-order valence-electron chi connectivity index (χ1n) is 15.2. The molecule has 0 aliphatic carbocycles. The number of ether oxygens (including phenoxy) is 4. The lowest BCUT2D eigenvalue weighted by Crippen LogP contribution is -2.31. The Labute approximate surface area is 249 Å². The zero-order chi connectivity index (χ0) is 31.5. The summed E-state index contributed by atoms with van der Waals surface area (Å²) in [7, 11) is 0. The zero-order valence-electron chi connectivity index (χ0n) is 26.1. The van der Waals surface area contributed by atoms with Crippen molar-refractivity contribution < 1.29 is 48.3 Å². The minimum atomic E-state index is -1.37. The number of hydrogen-bond donors (Lipinski definition) is 2. The molecule has 0 amide bonds. The standard InChI is InChI=1S/C32H50O10/c1-31(2,3)29(37)39-23(21-19-25(33)41-27(21)35)17-15-13-11-9-7-8-10-12-14-16-18-24(40-30(38)32(4,5)6)22-20-26(34)42-28(22)36/h19-20,23-24,27-28,35-36H,7-18H2,1-6H3. The van der Waals surface area contributed by atoms with E-state index in [2.05, 4.69) is 0 Å². The normalized spacial score (nSPS) is 20.4. The first kappa shape index (κ1) is 35.5. The Morgan fingerprint density at radius 3 is 1.17 bits per heavy atom. The van der Waals surface area contributed by atoms with Crippen molar-refractivity contribution in [1.29, 1.82) is 0 Å². The van der Waals surface area contributed by atoms with E-state index < -0.39 is 59.5 Å². The minimum absolute atomic E-state index is 0.300. The van der Waals surface area contributed by atoms with Gasteiger partial charge in [-0.25, -0.2) is 9.59 Å². The lowest BCUT2D eigenvalue weighted by molar-refractivity contribution is -0.162. The molecule has 2 rings (SSSR count). The van der Waals surface area contributed by atoms with Crippen LogP contribution in [0.2, 0.25) is 0 Å². The fourth-order valence-electron chi connectivity index (χ4n) is 4.62. The van der Waals surface area contributed by atoms with E-state index in [0.717, 1.165) is 64.2 Å². The van der Waals surface area contributed by atoms with E-state index in [9.17, 15) is 29.4 Å². The fourth-order valence-corrected chi connectivity index (χ4v) is 4.62. The summed E-state index contributed by atoms with van der Waals surface area (Å²) in [6.45, 7) is 10.5. The number of hydrogen-bond acceptors (Lipinski definition) is 10. The molecule has 2 aliphatic heterocycles. The van der Waals surface area contributed by atoms with Crippen LogP contribution in [0.5, 0.6) is 0 Å². The van der Waals surface area contributed by atoms with Gasteiger partial charge in [0.2, 0.25) is 12.6 Å². The predicted molar refractivity (Wildman–Crippen MR) is 154 cm³/mol. The topological polar surface area (TPSA) is 146 Å². The summed E-state index contributed by atoms with van der Waals surface area (Å²) in [5.74, 6) is -2.04. The van der Waals surface area contributed by atoms with Crippen molar-refractivity contribution in [2.45, 2.75) is 143 Å². The van der Waals surface area contributed by atoms with Gasteiger partial charge >= 0.3 is 23.9 Å². The summed E-state index contributed by atoms with van der Waals surface area (Å²) in [5, 5.41) is 20.1. The molecule has 4 atom stereocenters. The van der Waals surface area contributed by atoms with Crippen LogP contribution in [0.1, 0.15) is 119 Å². The average Bonchev–Trinajstić information content (AvgIpc) is 3.40. The molecule has 42 heavy (non-hydrogen) atoms. The number of aliphatic hydroxyl groups is 2. The number of rotatable bonds is 17. The second-order valence-corrected chi connectivity index (χ2v) is 13.3. The van der Waals surface area contributed by atoms with Crippen LogP contribution in [0.15, 0.2) is 23.3 Å². The van der Waals surface area contributed by atoms with Gasteiger partial charge in [-0.1, -0.05) is 51.4 Å². The van der Waals surface area contributed by atoms with E-state index in [1.165, 1.54) is 12.2 Å². The summed E-state index contributed by atoms with van der Waals surface area (Å²) in [6.07, 6.45) is 9.31. The van der Waals surface area contributed by atoms with Crippen molar-refractivity contribution in [2.24, 2.45) is 10.8 Å². The molecule has 4 unspecified atom stereocenters. The summed E-state index contributed by atoms with van der Waals surface area (Å²) in [6, 6.07) is 0. The van der Waals surface area contributed by atoms with E-state index in [-0.39, 0.29) is 0 Å². The van der Waals surface area contributed by atoms with Gasteiger partial charge in [0, 0.05) is 23.3 Å². The van der Waals surface area contributed by atoms with Crippen LogP contribution in [0, 0.1) is 10.8 Å². The van der Waals surface area contributed by atoms with Gasteiger partial charge in [-0.15, -0.1) is 0 Å². The predicted octanol–water partition coefficient (Wildman–Crippen LogP) is 5.19. The monoisotopic (exact) mass is 594 g/mol. The highest BCUT2D eigenvalue weighted by molar-refractivity contribution is 5.86. The number of carbonyl (C=O) groups excluding carboxylic acids is 4. The summed E-state index contributed by atoms with van der Waals surface area (Å²) in [4.78, 5) is 47.9. The molecule has 2 aliphatic rings. The van der Waals surface area contributed by atoms with E-state index in [1.807, 2.05) is 0 Å². The van der Waals surface area contributed by atoms with Gasteiger partial charge in [0.1, 0.15) is 12.2 Å². The molecular weight excluding hydrogens is 544 g/mol. The van der Waals surface area contributed by atoms with Gasteiger partial charge in [0.05, 0.1) is 10.8 Å². The highest BCUT2D eigenvalue weighted by Crippen LogP contribution is 2.28. The molecule has 0 radical (unpaired) electrons. The van der Waals surface area contributed by atoms with Crippen LogP contribution < -0.4 is 0 Å². The maximum Gasteiger partial charge on any atom is 0.333 e. The second kappa shape index (κ2) is 16.2. The highest BCUT2D eigenvalue weighted by atomic mass is 16.6. The molecule has 0 saturated carbocycles. The van der Waals surface area contributed by atoms with Crippen LogP contribution in [-0.2, 0) is 38.1 Å². The fraction of sp³-hybridized carbons (Fsp3) is 0.750. The average molecular weight is 595 g/mol. The van der Waals surface area contributed by atoms with Crippen molar-refractivity contribution in [1.82, 2.24) is 0 Å². The minimum Gasteiger partial charge on any atom is -0.457 e. The van der Waals surface area contributed by atoms with Crippen molar-refractivity contribution in [2.75, 3.05) is 0 Å². The molecule has 0 saturated heterocycles. The van der Waals surface area contributed by atoms with Crippen molar-refractivity contribution >= 4 is 23.9 Å². The van der Waals surface area contributed by atoms with E-state index in [1.54, 1.807) is 41.5 Å². The van der Waals surface area contributed by atoms with Crippen molar-refractivity contribution in [3.05, 3.63) is 23.3 Å². The quantitative estimate of drug-likeness (QED) is 0.131. The molecule has 238 valence electrons. The number of unbranched alkanes of at least 4 members (excludes halogenated alkanes) is 9. The molecule has 0 aromatic heterocycles. The Morgan fingerprint density at radius 2 is 0.929 bits per heavy atom. The van der Waals surface area contributed by atoms with Crippen LogP contribution in [-0.4, -0.2) is 58.9 Å². The Kier molecular flexibility index (Phi) is 13.7. The van der Waals surface area contributed by atoms with Crippen LogP contribution in [0.3, 0.4) is 0 Å². The van der Waals surface area contributed by atoms with Gasteiger partial charge in [0.15, 0.2) is 0 Å².